The molecule has 0 radical (unpaired) electrons. The van der Waals surface area contributed by atoms with E-state index in [4.69, 9.17) is 9.15 Å². The molecule has 0 unspecified atom stereocenters. The number of fused-ring (bicyclic) bond motifs is 1. The number of carbonyl (C=O) groups is 1. The van der Waals surface area contributed by atoms with Gasteiger partial charge < -0.3 is 14.5 Å². The highest BCUT2D eigenvalue weighted by atomic mass is 16.5. The number of nitrogens with zero attached hydrogens (tertiary/aromatic N) is 2. The summed E-state index contributed by atoms with van der Waals surface area (Å²) in [6.07, 6.45) is 1.23. The van der Waals surface area contributed by atoms with E-state index in [1.165, 1.54) is 12.4 Å². The molecule has 1 amide bonds. The third-order valence-corrected chi connectivity index (χ3v) is 3.99. The van der Waals surface area contributed by atoms with E-state index in [0.717, 1.165) is 5.56 Å². The van der Waals surface area contributed by atoms with Crippen LogP contribution in [0.2, 0.25) is 0 Å². The van der Waals surface area contributed by atoms with Crippen molar-refractivity contribution >= 4 is 22.6 Å². The van der Waals surface area contributed by atoms with E-state index >= 15 is 0 Å². The van der Waals surface area contributed by atoms with Gasteiger partial charge in [-0.3, -0.25) is 4.79 Å². The number of aromatic nitrogens is 2. The van der Waals surface area contributed by atoms with E-state index in [9.17, 15) is 9.59 Å². The second kappa shape index (κ2) is 7.71. The smallest absolute Gasteiger partial charge is 0.360 e. The summed E-state index contributed by atoms with van der Waals surface area (Å²) in [5.41, 5.74) is 0.895. The molecule has 2 heterocycles. The monoisotopic (exact) mass is 373 g/mol. The van der Waals surface area contributed by atoms with Crippen LogP contribution in [-0.4, -0.2) is 15.9 Å². The Balaban J connectivity index is 1.51. The highest BCUT2D eigenvalue weighted by molar-refractivity contribution is 6.03. The quantitative estimate of drug-likeness (QED) is 0.539. The van der Waals surface area contributed by atoms with Crippen LogP contribution in [0.3, 0.4) is 0 Å². The fourth-order valence-corrected chi connectivity index (χ4v) is 2.61. The summed E-state index contributed by atoms with van der Waals surface area (Å²) in [6.45, 7) is 0.313. The zero-order valence-corrected chi connectivity index (χ0v) is 14.7. The summed E-state index contributed by atoms with van der Waals surface area (Å²) >= 11 is 0. The lowest BCUT2D eigenvalue weighted by Gasteiger charge is -2.07. The van der Waals surface area contributed by atoms with Crippen molar-refractivity contribution in [3.8, 4) is 5.88 Å². The van der Waals surface area contributed by atoms with Gasteiger partial charge in [0.25, 0.3) is 5.91 Å². The summed E-state index contributed by atoms with van der Waals surface area (Å²) in [7, 11) is 0. The van der Waals surface area contributed by atoms with Crippen LogP contribution in [0.5, 0.6) is 5.88 Å². The van der Waals surface area contributed by atoms with E-state index in [1.807, 2.05) is 36.4 Å². The third kappa shape index (κ3) is 3.88. The number of carbonyl (C=O) groups excluding carboxylic acids is 1. The van der Waals surface area contributed by atoms with E-state index in [2.05, 4.69) is 15.3 Å². The van der Waals surface area contributed by atoms with Gasteiger partial charge in [0.15, 0.2) is 0 Å². The first-order valence-corrected chi connectivity index (χ1v) is 8.52. The van der Waals surface area contributed by atoms with E-state index in [1.54, 1.807) is 24.3 Å². The summed E-state index contributed by atoms with van der Waals surface area (Å²) < 4.78 is 10.8. The first-order valence-electron chi connectivity index (χ1n) is 8.52. The van der Waals surface area contributed by atoms with E-state index < -0.39 is 11.5 Å². The number of hydrogen-bond acceptors (Lipinski definition) is 6. The van der Waals surface area contributed by atoms with Crippen molar-refractivity contribution in [3.05, 3.63) is 94.7 Å². The van der Waals surface area contributed by atoms with E-state index in [-0.39, 0.29) is 17.3 Å². The van der Waals surface area contributed by atoms with Gasteiger partial charge in [-0.2, -0.15) is 0 Å². The highest BCUT2D eigenvalue weighted by Crippen LogP contribution is 2.16. The molecule has 7 heteroatoms. The number of para-hydroxylation sites is 1. The van der Waals surface area contributed by atoms with Crippen molar-refractivity contribution in [1.29, 1.82) is 0 Å². The fourth-order valence-electron chi connectivity index (χ4n) is 2.61. The first-order chi connectivity index (χ1) is 13.7. The maximum Gasteiger partial charge on any atom is 0.360 e. The molecule has 138 valence electrons. The Morgan fingerprint density at radius 3 is 2.64 bits per heavy atom. The van der Waals surface area contributed by atoms with Crippen LogP contribution in [0.15, 0.2) is 82.3 Å². The number of benzene rings is 2. The molecule has 0 aliphatic heterocycles. The minimum absolute atomic E-state index is 0.0362. The average Bonchev–Trinajstić information content (AvgIpc) is 2.74. The van der Waals surface area contributed by atoms with Gasteiger partial charge in [0.05, 0.1) is 0 Å². The molecule has 4 rings (SSSR count). The molecule has 28 heavy (non-hydrogen) atoms. The van der Waals surface area contributed by atoms with Gasteiger partial charge in [-0.1, -0.05) is 48.5 Å². The molecule has 0 spiro atoms. The molecule has 2 aromatic heterocycles. The zero-order chi connectivity index (χ0) is 19.3. The Morgan fingerprint density at radius 2 is 1.79 bits per heavy atom. The maximum atomic E-state index is 12.5. The van der Waals surface area contributed by atoms with E-state index in [0.29, 0.717) is 17.6 Å². The van der Waals surface area contributed by atoms with Gasteiger partial charge in [-0.25, -0.2) is 14.8 Å². The molecule has 0 fully saturated rings. The largest absolute Gasteiger partial charge is 0.473 e. The molecule has 7 nitrogen and oxygen atoms in total. The average molecular weight is 373 g/mol. The first kappa shape index (κ1) is 17.4. The molecule has 1 N–H and O–H groups in total. The predicted molar refractivity (Wildman–Crippen MR) is 103 cm³/mol. The number of ether oxygens (including phenoxy) is 1. The summed E-state index contributed by atoms with van der Waals surface area (Å²) in [5, 5.41) is 3.23. The van der Waals surface area contributed by atoms with Crippen molar-refractivity contribution in [3.63, 3.8) is 0 Å². The zero-order valence-electron chi connectivity index (χ0n) is 14.7. The molecular formula is C21H15N3O4. The Kier molecular flexibility index (Phi) is 4.79. The van der Waals surface area contributed by atoms with Crippen molar-refractivity contribution in [2.75, 3.05) is 5.32 Å². The van der Waals surface area contributed by atoms with Gasteiger partial charge in [0.2, 0.25) is 5.88 Å². The van der Waals surface area contributed by atoms with Crippen LogP contribution in [0.25, 0.3) is 11.0 Å². The molecule has 2 aromatic carbocycles. The van der Waals surface area contributed by atoms with Crippen LogP contribution in [0.1, 0.15) is 16.1 Å². The molecule has 0 aliphatic carbocycles. The number of hydrogen-bond donors (Lipinski definition) is 1. The van der Waals surface area contributed by atoms with Crippen LogP contribution in [0.4, 0.5) is 5.69 Å². The minimum atomic E-state index is -0.637. The maximum absolute atomic E-state index is 12.5. The van der Waals surface area contributed by atoms with Gasteiger partial charge >= 0.3 is 5.63 Å². The topological polar surface area (TPSA) is 94.3 Å². The SMILES string of the molecule is O=C(Nc1cc2ccccc2oc1=O)c1cc(OCc2ccccc2)ncn1. The highest BCUT2D eigenvalue weighted by Gasteiger charge is 2.13. The molecular weight excluding hydrogens is 358 g/mol. The molecule has 0 bridgehead atoms. The van der Waals surface area contributed by atoms with Crippen LogP contribution in [0, 0.1) is 0 Å². The third-order valence-electron chi connectivity index (χ3n) is 3.99. The van der Waals surface area contributed by atoms with Crippen molar-refractivity contribution in [2.45, 2.75) is 6.61 Å². The van der Waals surface area contributed by atoms with Crippen molar-refractivity contribution < 1.29 is 13.9 Å². The van der Waals surface area contributed by atoms with Gasteiger partial charge in [0, 0.05) is 11.5 Å². The summed E-state index contributed by atoms with van der Waals surface area (Å²) in [6, 6.07) is 19.6. The van der Waals surface area contributed by atoms with Gasteiger partial charge in [0.1, 0.15) is 29.9 Å². The molecule has 0 saturated heterocycles. The Hall–Kier alpha value is -4.00. The van der Waals surface area contributed by atoms with Gasteiger partial charge in [-0.15, -0.1) is 0 Å². The Labute approximate surface area is 159 Å². The summed E-state index contributed by atoms with van der Waals surface area (Å²) in [4.78, 5) is 32.5. The second-order valence-corrected chi connectivity index (χ2v) is 5.96. The Bertz CT molecular complexity index is 1190. The van der Waals surface area contributed by atoms with Crippen LogP contribution < -0.4 is 15.7 Å². The normalized spacial score (nSPS) is 10.6. The number of rotatable bonds is 5. The minimum Gasteiger partial charge on any atom is -0.473 e. The molecule has 0 atom stereocenters. The van der Waals surface area contributed by atoms with Gasteiger partial charge in [-0.05, 0) is 17.7 Å². The lowest BCUT2D eigenvalue weighted by molar-refractivity contribution is 0.102. The number of nitrogens with one attached hydrogen (secondary N) is 1. The van der Waals surface area contributed by atoms with Crippen LogP contribution in [-0.2, 0) is 6.61 Å². The lowest BCUT2D eigenvalue weighted by atomic mass is 10.2. The Morgan fingerprint density at radius 1 is 1.00 bits per heavy atom. The molecule has 4 aromatic rings. The van der Waals surface area contributed by atoms with Crippen LogP contribution >= 0.6 is 0 Å². The number of amides is 1. The molecule has 0 saturated carbocycles. The lowest BCUT2D eigenvalue weighted by Crippen LogP contribution is -2.19. The standard InChI is InChI=1S/C21H15N3O4/c25-20(24-17-10-15-8-4-5-9-18(15)28-21(17)26)16-11-19(23-13-22-16)27-12-14-6-2-1-3-7-14/h1-11,13H,12H2,(H,24,25). The predicted octanol–water partition coefficient (Wildman–Crippen LogP) is 3.41. The summed E-state index contributed by atoms with van der Waals surface area (Å²) in [5.74, 6) is -0.302. The molecule has 0 aliphatic rings. The van der Waals surface area contributed by atoms with Crippen molar-refractivity contribution in [2.24, 2.45) is 0 Å². The second-order valence-electron chi connectivity index (χ2n) is 5.96. The van der Waals surface area contributed by atoms with Crippen molar-refractivity contribution in [1.82, 2.24) is 9.97 Å². The fraction of sp³-hybridized carbons (Fsp3) is 0.0476. The number of anilines is 1.